The molecule has 0 aliphatic carbocycles. The van der Waals surface area contributed by atoms with Crippen LogP contribution in [0, 0.1) is 0 Å². The highest BCUT2D eigenvalue weighted by atomic mass is 15.3. The molecule has 0 saturated heterocycles. The van der Waals surface area contributed by atoms with Crippen LogP contribution in [0.25, 0.3) is 11.4 Å². The number of aromatic amines is 1. The Hall–Kier alpha value is -2.63. The third-order valence-corrected chi connectivity index (χ3v) is 2.98. The molecule has 0 spiro atoms. The lowest BCUT2D eigenvalue weighted by Gasteiger charge is -2.15. The van der Waals surface area contributed by atoms with Gasteiger partial charge >= 0.3 is 0 Å². The lowest BCUT2D eigenvalue weighted by atomic mass is 10.2. The molecule has 3 rings (SSSR count). The van der Waals surface area contributed by atoms with Crippen LogP contribution in [0.4, 0.5) is 5.69 Å². The zero-order valence-corrected chi connectivity index (χ0v) is 11.2. The highest BCUT2D eigenvalue weighted by Gasteiger charge is 2.05. The van der Waals surface area contributed by atoms with Crippen LogP contribution in [-0.4, -0.2) is 31.0 Å². The molecular formula is C14H16N6. The quantitative estimate of drug-likeness (QED) is 0.744. The van der Waals surface area contributed by atoms with E-state index in [9.17, 15) is 0 Å². The van der Waals surface area contributed by atoms with E-state index in [0.29, 0.717) is 0 Å². The number of hydrogen-bond donors (Lipinski definition) is 2. The maximum Gasteiger partial charge on any atom is 0.155 e. The maximum absolute atomic E-state index is 4.21. The number of H-pyrrole nitrogens is 1. The highest BCUT2D eigenvalue weighted by molar-refractivity contribution is 5.62. The van der Waals surface area contributed by atoms with E-state index in [-0.39, 0.29) is 6.04 Å². The van der Waals surface area contributed by atoms with Gasteiger partial charge in [-0.2, -0.15) is 10.2 Å². The van der Waals surface area contributed by atoms with Crippen molar-refractivity contribution in [1.29, 1.82) is 0 Å². The molecule has 3 aromatic rings. The Kier molecular flexibility index (Phi) is 3.45. The fourth-order valence-electron chi connectivity index (χ4n) is 2.12. The Balaban J connectivity index is 1.70. The van der Waals surface area contributed by atoms with E-state index in [0.717, 1.165) is 23.6 Å². The predicted molar refractivity (Wildman–Crippen MR) is 77.1 cm³/mol. The number of rotatable bonds is 5. The van der Waals surface area contributed by atoms with E-state index < -0.39 is 0 Å². The van der Waals surface area contributed by atoms with Gasteiger partial charge < -0.3 is 5.32 Å². The van der Waals surface area contributed by atoms with Crippen LogP contribution in [0.1, 0.15) is 6.92 Å². The van der Waals surface area contributed by atoms with Gasteiger partial charge in [-0.1, -0.05) is 12.1 Å². The van der Waals surface area contributed by atoms with Crippen molar-refractivity contribution < 1.29 is 0 Å². The zero-order chi connectivity index (χ0) is 13.8. The van der Waals surface area contributed by atoms with Crippen molar-refractivity contribution in [2.75, 3.05) is 5.32 Å². The van der Waals surface area contributed by atoms with E-state index in [1.54, 1.807) is 6.20 Å². The predicted octanol–water partition coefficient (Wildman–Crippen LogP) is 2.17. The molecule has 0 bridgehead atoms. The van der Waals surface area contributed by atoms with Gasteiger partial charge in [0.2, 0.25) is 0 Å². The van der Waals surface area contributed by atoms with Crippen LogP contribution in [0.3, 0.4) is 0 Å². The smallest absolute Gasteiger partial charge is 0.155 e. The first-order valence-corrected chi connectivity index (χ1v) is 6.51. The monoisotopic (exact) mass is 268 g/mol. The molecule has 2 N–H and O–H groups in total. The Labute approximate surface area is 116 Å². The first-order valence-electron chi connectivity index (χ1n) is 6.51. The summed E-state index contributed by atoms with van der Waals surface area (Å²) in [7, 11) is 0. The van der Waals surface area contributed by atoms with Crippen molar-refractivity contribution in [2.45, 2.75) is 19.5 Å². The minimum atomic E-state index is 0.278. The van der Waals surface area contributed by atoms with Crippen molar-refractivity contribution in [3.05, 3.63) is 49.1 Å². The zero-order valence-electron chi connectivity index (χ0n) is 11.2. The number of hydrogen-bond acceptors (Lipinski definition) is 4. The number of nitrogens with one attached hydrogen (secondary N) is 2. The van der Waals surface area contributed by atoms with Gasteiger partial charge in [0.15, 0.2) is 5.82 Å². The Morgan fingerprint density at radius 1 is 1.35 bits per heavy atom. The molecule has 2 heterocycles. The molecule has 0 amide bonds. The van der Waals surface area contributed by atoms with Crippen molar-refractivity contribution in [3.8, 4) is 11.4 Å². The van der Waals surface area contributed by atoms with E-state index in [4.69, 9.17) is 0 Å². The van der Waals surface area contributed by atoms with Crippen molar-refractivity contribution in [1.82, 2.24) is 25.0 Å². The molecule has 102 valence electrons. The Morgan fingerprint density at radius 2 is 2.30 bits per heavy atom. The molecule has 0 radical (unpaired) electrons. The van der Waals surface area contributed by atoms with Crippen molar-refractivity contribution >= 4 is 5.69 Å². The third-order valence-electron chi connectivity index (χ3n) is 2.98. The average molecular weight is 268 g/mol. The van der Waals surface area contributed by atoms with E-state index in [2.05, 4.69) is 38.6 Å². The topological polar surface area (TPSA) is 71.4 Å². The summed E-state index contributed by atoms with van der Waals surface area (Å²) < 4.78 is 1.91. The number of nitrogens with zero attached hydrogens (tertiary/aromatic N) is 4. The normalized spacial score (nSPS) is 12.2. The number of anilines is 1. The molecule has 1 atom stereocenters. The minimum Gasteiger partial charge on any atom is -0.381 e. The fraction of sp³-hybridized carbons (Fsp3) is 0.214. The summed E-state index contributed by atoms with van der Waals surface area (Å²) in [4.78, 5) is 4.16. The van der Waals surface area contributed by atoms with Gasteiger partial charge in [-0.05, 0) is 25.1 Å². The van der Waals surface area contributed by atoms with Crippen LogP contribution in [0.15, 0.2) is 49.1 Å². The Bertz CT molecular complexity index is 644. The van der Waals surface area contributed by atoms with E-state index >= 15 is 0 Å². The molecule has 1 unspecified atom stereocenters. The lowest BCUT2D eigenvalue weighted by molar-refractivity contribution is 0.561. The molecule has 1 aromatic carbocycles. The summed E-state index contributed by atoms with van der Waals surface area (Å²) in [5.41, 5.74) is 2.07. The first-order chi connectivity index (χ1) is 9.81. The molecule has 0 aliphatic rings. The maximum atomic E-state index is 4.21. The van der Waals surface area contributed by atoms with Crippen LogP contribution in [-0.2, 0) is 6.54 Å². The van der Waals surface area contributed by atoms with Gasteiger partial charge in [0.25, 0.3) is 0 Å². The van der Waals surface area contributed by atoms with Gasteiger partial charge in [0.1, 0.15) is 6.33 Å². The molecule has 20 heavy (non-hydrogen) atoms. The second kappa shape index (κ2) is 5.56. The fourth-order valence-corrected chi connectivity index (χ4v) is 2.12. The molecule has 6 nitrogen and oxygen atoms in total. The molecule has 0 aliphatic heterocycles. The lowest BCUT2D eigenvalue weighted by Crippen LogP contribution is -2.22. The van der Waals surface area contributed by atoms with Crippen LogP contribution in [0.2, 0.25) is 0 Å². The second-order valence-corrected chi connectivity index (χ2v) is 4.69. The molecule has 2 aromatic heterocycles. The standard InChI is InChI=1S/C14H16N6/c1-11(9-20-7-3-6-17-20)18-13-5-2-4-12(8-13)14-15-10-16-19-14/h2-8,10-11,18H,9H2,1H3,(H,15,16,19). The van der Waals surface area contributed by atoms with Crippen molar-refractivity contribution in [2.24, 2.45) is 0 Å². The van der Waals surface area contributed by atoms with Crippen LogP contribution >= 0.6 is 0 Å². The van der Waals surface area contributed by atoms with Crippen LogP contribution < -0.4 is 5.32 Å². The minimum absolute atomic E-state index is 0.278. The van der Waals surface area contributed by atoms with Gasteiger partial charge in [-0.3, -0.25) is 9.78 Å². The summed E-state index contributed by atoms with van der Waals surface area (Å²) in [5, 5.41) is 14.4. The van der Waals surface area contributed by atoms with E-state index in [1.807, 2.05) is 35.1 Å². The first kappa shape index (κ1) is 12.4. The number of benzene rings is 1. The second-order valence-electron chi connectivity index (χ2n) is 4.69. The Morgan fingerprint density at radius 3 is 3.05 bits per heavy atom. The van der Waals surface area contributed by atoms with Gasteiger partial charge in [-0.25, -0.2) is 4.98 Å². The van der Waals surface area contributed by atoms with Gasteiger partial charge in [0, 0.05) is 29.7 Å². The summed E-state index contributed by atoms with van der Waals surface area (Å²) in [6.45, 7) is 2.95. The van der Waals surface area contributed by atoms with Gasteiger partial charge in [0.05, 0.1) is 6.54 Å². The third kappa shape index (κ3) is 2.85. The summed E-state index contributed by atoms with van der Waals surface area (Å²) in [6.07, 6.45) is 5.26. The van der Waals surface area contributed by atoms with Crippen LogP contribution in [0.5, 0.6) is 0 Å². The average Bonchev–Trinajstić information content (AvgIpc) is 3.11. The molecule has 6 heteroatoms. The van der Waals surface area contributed by atoms with Crippen molar-refractivity contribution in [3.63, 3.8) is 0 Å². The summed E-state index contributed by atoms with van der Waals surface area (Å²) in [6, 6.07) is 10.3. The molecular weight excluding hydrogens is 252 g/mol. The number of aromatic nitrogens is 5. The SMILES string of the molecule is CC(Cn1cccn1)Nc1cccc(-c2ncn[nH]2)c1. The summed E-state index contributed by atoms with van der Waals surface area (Å²) >= 11 is 0. The largest absolute Gasteiger partial charge is 0.381 e. The molecule has 0 fully saturated rings. The molecule has 0 saturated carbocycles. The van der Waals surface area contributed by atoms with E-state index in [1.165, 1.54) is 6.33 Å². The van der Waals surface area contributed by atoms with Gasteiger partial charge in [-0.15, -0.1) is 0 Å². The highest BCUT2D eigenvalue weighted by Crippen LogP contribution is 2.19. The summed E-state index contributed by atoms with van der Waals surface area (Å²) in [5.74, 6) is 0.772.